The van der Waals surface area contributed by atoms with Gasteiger partial charge in [0.25, 0.3) is 11.6 Å². The minimum atomic E-state index is -0.479. The van der Waals surface area contributed by atoms with Crippen LogP contribution in [-0.4, -0.2) is 24.0 Å². The standard InChI is InChI=1S/C19H22N2O4/c1-13(2)15-4-7-17(8-5-15)25-11-10-20-19(22)18-9-6-16(21(23)24)12-14(18)3/h4-9,12-13H,10-11H2,1-3H3,(H,20,22). The van der Waals surface area contributed by atoms with Crippen molar-refractivity contribution >= 4 is 11.6 Å². The van der Waals surface area contributed by atoms with Gasteiger partial charge >= 0.3 is 0 Å². The van der Waals surface area contributed by atoms with Gasteiger partial charge in [-0.05, 0) is 42.2 Å². The minimum absolute atomic E-state index is 0.0257. The van der Waals surface area contributed by atoms with Crippen LogP contribution >= 0.6 is 0 Å². The number of nitro groups is 1. The molecule has 0 saturated heterocycles. The number of nitrogens with one attached hydrogen (secondary N) is 1. The molecule has 2 aromatic carbocycles. The maximum Gasteiger partial charge on any atom is 0.269 e. The molecular formula is C19H22N2O4. The molecule has 0 radical (unpaired) electrons. The van der Waals surface area contributed by atoms with E-state index in [-0.39, 0.29) is 11.6 Å². The number of nitro benzene ring substituents is 1. The summed E-state index contributed by atoms with van der Waals surface area (Å²) in [5, 5.41) is 13.5. The van der Waals surface area contributed by atoms with Crippen LogP contribution < -0.4 is 10.1 Å². The fraction of sp³-hybridized carbons (Fsp3) is 0.316. The van der Waals surface area contributed by atoms with E-state index in [4.69, 9.17) is 4.74 Å². The van der Waals surface area contributed by atoms with Gasteiger partial charge in [-0.25, -0.2) is 0 Å². The van der Waals surface area contributed by atoms with Crippen LogP contribution in [0.3, 0.4) is 0 Å². The lowest BCUT2D eigenvalue weighted by molar-refractivity contribution is -0.384. The van der Waals surface area contributed by atoms with Crippen molar-refractivity contribution in [3.63, 3.8) is 0 Å². The summed E-state index contributed by atoms with van der Waals surface area (Å²) in [6, 6.07) is 12.1. The molecule has 0 aliphatic carbocycles. The van der Waals surface area contributed by atoms with Gasteiger partial charge in [0.15, 0.2) is 0 Å². The first kappa shape index (κ1) is 18.4. The largest absolute Gasteiger partial charge is 0.492 e. The average molecular weight is 342 g/mol. The van der Waals surface area contributed by atoms with E-state index in [0.29, 0.717) is 30.2 Å². The normalized spacial score (nSPS) is 10.6. The molecule has 1 amide bonds. The summed E-state index contributed by atoms with van der Waals surface area (Å²) in [4.78, 5) is 22.4. The van der Waals surface area contributed by atoms with Crippen molar-refractivity contribution in [2.45, 2.75) is 26.7 Å². The second-order valence-corrected chi connectivity index (χ2v) is 6.08. The second-order valence-electron chi connectivity index (χ2n) is 6.08. The van der Waals surface area contributed by atoms with Crippen molar-refractivity contribution in [2.24, 2.45) is 0 Å². The molecule has 0 aromatic heterocycles. The highest BCUT2D eigenvalue weighted by molar-refractivity contribution is 5.95. The Labute approximate surface area is 147 Å². The Hall–Kier alpha value is -2.89. The van der Waals surface area contributed by atoms with Gasteiger partial charge in [-0.1, -0.05) is 26.0 Å². The maximum absolute atomic E-state index is 12.1. The van der Waals surface area contributed by atoms with Crippen LogP contribution in [0.1, 0.15) is 41.3 Å². The monoisotopic (exact) mass is 342 g/mol. The van der Waals surface area contributed by atoms with Crippen molar-refractivity contribution in [2.75, 3.05) is 13.2 Å². The Bertz CT molecular complexity index is 755. The molecule has 0 fully saturated rings. The Morgan fingerprint density at radius 3 is 2.44 bits per heavy atom. The number of hydrogen-bond donors (Lipinski definition) is 1. The molecule has 0 aliphatic heterocycles. The minimum Gasteiger partial charge on any atom is -0.492 e. The van der Waals surface area contributed by atoms with Crippen molar-refractivity contribution in [3.8, 4) is 5.75 Å². The van der Waals surface area contributed by atoms with Crippen LogP contribution in [0.25, 0.3) is 0 Å². The zero-order valence-electron chi connectivity index (χ0n) is 14.6. The van der Waals surface area contributed by atoms with E-state index in [2.05, 4.69) is 19.2 Å². The van der Waals surface area contributed by atoms with E-state index in [0.717, 1.165) is 5.75 Å². The van der Waals surface area contributed by atoms with Gasteiger partial charge in [-0.15, -0.1) is 0 Å². The Balaban J connectivity index is 1.83. The van der Waals surface area contributed by atoms with Crippen LogP contribution in [0.4, 0.5) is 5.69 Å². The van der Waals surface area contributed by atoms with Crippen LogP contribution in [0.15, 0.2) is 42.5 Å². The van der Waals surface area contributed by atoms with Crippen molar-refractivity contribution in [1.29, 1.82) is 0 Å². The SMILES string of the molecule is Cc1cc([N+](=O)[O-])ccc1C(=O)NCCOc1ccc(C(C)C)cc1. The summed E-state index contributed by atoms with van der Waals surface area (Å²) < 4.78 is 5.60. The van der Waals surface area contributed by atoms with E-state index in [1.807, 2.05) is 24.3 Å². The van der Waals surface area contributed by atoms with Crippen LogP contribution in [0.2, 0.25) is 0 Å². The molecule has 2 rings (SSSR count). The van der Waals surface area contributed by atoms with E-state index >= 15 is 0 Å². The van der Waals surface area contributed by atoms with Gasteiger partial charge in [0.2, 0.25) is 0 Å². The number of carbonyl (C=O) groups is 1. The molecule has 132 valence electrons. The maximum atomic E-state index is 12.1. The predicted molar refractivity (Wildman–Crippen MR) is 96.2 cm³/mol. The average Bonchev–Trinajstić information content (AvgIpc) is 2.58. The zero-order chi connectivity index (χ0) is 18.4. The Morgan fingerprint density at radius 1 is 1.20 bits per heavy atom. The molecule has 0 spiro atoms. The molecule has 0 aliphatic rings. The predicted octanol–water partition coefficient (Wildman–Crippen LogP) is 3.84. The molecular weight excluding hydrogens is 320 g/mol. The van der Waals surface area contributed by atoms with Gasteiger partial charge in [0, 0.05) is 17.7 Å². The highest BCUT2D eigenvalue weighted by atomic mass is 16.6. The zero-order valence-corrected chi connectivity index (χ0v) is 14.6. The first-order chi connectivity index (χ1) is 11.9. The van der Waals surface area contributed by atoms with Gasteiger partial charge in [-0.2, -0.15) is 0 Å². The van der Waals surface area contributed by atoms with Crippen molar-refractivity contribution in [1.82, 2.24) is 5.32 Å². The Morgan fingerprint density at radius 2 is 1.88 bits per heavy atom. The van der Waals surface area contributed by atoms with E-state index in [1.54, 1.807) is 6.92 Å². The number of non-ortho nitro benzene ring substituents is 1. The van der Waals surface area contributed by atoms with E-state index in [1.165, 1.54) is 23.8 Å². The number of nitrogens with zero attached hydrogens (tertiary/aromatic N) is 1. The number of aryl methyl sites for hydroxylation is 1. The molecule has 0 unspecified atom stereocenters. The molecule has 0 atom stereocenters. The summed E-state index contributed by atoms with van der Waals surface area (Å²) in [7, 11) is 0. The smallest absolute Gasteiger partial charge is 0.269 e. The molecule has 0 saturated carbocycles. The van der Waals surface area contributed by atoms with Gasteiger partial charge in [0.1, 0.15) is 12.4 Å². The molecule has 6 heteroatoms. The summed E-state index contributed by atoms with van der Waals surface area (Å²) in [5.41, 5.74) is 2.21. The summed E-state index contributed by atoms with van der Waals surface area (Å²) in [6.07, 6.45) is 0. The molecule has 1 N–H and O–H groups in total. The topological polar surface area (TPSA) is 81.5 Å². The van der Waals surface area contributed by atoms with Crippen LogP contribution in [0, 0.1) is 17.0 Å². The number of hydrogen-bond acceptors (Lipinski definition) is 4. The lowest BCUT2D eigenvalue weighted by Gasteiger charge is -2.10. The lowest BCUT2D eigenvalue weighted by atomic mass is 10.0. The highest BCUT2D eigenvalue weighted by Gasteiger charge is 2.13. The third kappa shape index (κ3) is 5.04. The van der Waals surface area contributed by atoms with E-state index in [9.17, 15) is 14.9 Å². The molecule has 6 nitrogen and oxygen atoms in total. The molecule has 0 bridgehead atoms. The van der Waals surface area contributed by atoms with Crippen molar-refractivity contribution in [3.05, 3.63) is 69.3 Å². The first-order valence-corrected chi connectivity index (χ1v) is 8.14. The van der Waals surface area contributed by atoms with Gasteiger partial charge in [0.05, 0.1) is 11.5 Å². The highest BCUT2D eigenvalue weighted by Crippen LogP contribution is 2.19. The van der Waals surface area contributed by atoms with Crippen LogP contribution in [-0.2, 0) is 0 Å². The van der Waals surface area contributed by atoms with E-state index < -0.39 is 4.92 Å². The number of rotatable bonds is 7. The first-order valence-electron chi connectivity index (χ1n) is 8.14. The fourth-order valence-corrected chi connectivity index (χ4v) is 2.39. The molecule has 25 heavy (non-hydrogen) atoms. The van der Waals surface area contributed by atoms with Gasteiger partial charge in [-0.3, -0.25) is 14.9 Å². The third-order valence-corrected chi connectivity index (χ3v) is 3.87. The summed E-state index contributed by atoms with van der Waals surface area (Å²) in [5.74, 6) is 0.953. The number of ether oxygens (including phenoxy) is 1. The Kier molecular flexibility index (Phi) is 6.11. The fourth-order valence-electron chi connectivity index (χ4n) is 2.39. The number of carbonyl (C=O) groups excluding carboxylic acids is 1. The summed E-state index contributed by atoms with van der Waals surface area (Å²) in [6.45, 7) is 6.63. The molecule has 0 heterocycles. The number of amides is 1. The number of benzene rings is 2. The van der Waals surface area contributed by atoms with Crippen molar-refractivity contribution < 1.29 is 14.5 Å². The van der Waals surface area contributed by atoms with Crippen LogP contribution in [0.5, 0.6) is 5.75 Å². The quantitative estimate of drug-likeness (QED) is 0.471. The molecule has 2 aromatic rings. The second kappa shape index (κ2) is 8.28. The van der Waals surface area contributed by atoms with Gasteiger partial charge < -0.3 is 10.1 Å². The third-order valence-electron chi connectivity index (χ3n) is 3.87. The summed E-state index contributed by atoms with van der Waals surface area (Å²) >= 11 is 0. The lowest BCUT2D eigenvalue weighted by Crippen LogP contribution is -2.28.